The number of rotatable bonds is 41. The number of nitrogens with two attached hydrogens (primary N) is 1. The van der Waals surface area contributed by atoms with Gasteiger partial charge in [-0.05, 0) is 12.8 Å². The summed E-state index contributed by atoms with van der Waals surface area (Å²) in [5.74, 6) is -2.37. The van der Waals surface area contributed by atoms with Crippen LogP contribution in [0.3, 0.4) is 0 Å². The highest BCUT2D eigenvalue weighted by molar-refractivity contribution is 7.47. The van der Waals surface area contributed by atoms with Crippen LogP contribution in [0.4, 0.5) is 0 Å². The largest absolute Gasteiger partial charge is 0.480 e. The van der Waals surface area contributed by atoms with E-state index in [0.29, 0.717) is 12.8 Å². The Hall–Kier alpha value is -1.52. The lowest BCUT2D eigenvalue weighted by Gasteiger charge is -2.20. The van der Waals surface area contributed by atoms with Crippen molar-refractivity contribution in [3.8, 4) is 0 Å². The number of phosphoric ester groups is 1. The average molecular weight is 778 g/mol. The molecule has 0 aromatic heterocycles. The van der Waals surface area contributed by atoms with E-state index >= 15 is 0 Å². The van der Waals surface area contributed by atoms with E-state index in [9.17, 15) is 23.8 Å². The minimum atomic E-state index is -4.70. The van der Waals surface area contributed by atoms with Crippen molar-refractivity contribution >= 4 is 25.7 Å². The molecule has 0 saturated carbocycles. The van der Waals surface area contributed by atoms with Gasteiger partial charge in [0.05, 0.1) is 13.2 Å². The molecule has 0 aliphatic rings. The second-order valence-corrected chi connectivity index (χ2v) is 16.3. The number of carbonyl (C=O) groups is 3. The Labute approximate surface area is 323 Å². The van der Waals surface area contributed by atoms with Crippen molar-refractivity contribution in [1.29, 1.82) is 0 Å². The molecule has 11 nitrogen and oxygen atoms in total. The molecular weight excluding hydrogens is 697 g/mol. The van der Waals surface area contributed by atoms with Crippen LogP contribution in [-0.4, -0.2) is 59.9 Å². The summed E-state index contributed by atoms with van der Waals surface area (Å²) in [5.41, 5.74) is 5.31. The van der Waals surface area contributed by atoms with E-state index in [1.165, 1.54) is 122 Å². The summed E-state index contributed by atoms with van der Waals surface area (Å²) in [6.45, 7) is 2.75. The molecule has 12 heteroatoms. The number of carboxylic acid groups (broad SMARTS) is 1. The highest BCUT2D eigenvalue weighted by atomic mass is 31.2. The van der Waals surface area contributed by atoms with E-state index in [0.717, 1.165) is 51.4 Å². The molecule has 0 heterocycles. The zero-order valence-electron chi connectivity index (χ0n) is 33.9. The summed E-state index contributed by atoms with van der Waals surface area (Å²) in [6, 6.07) is -1.51. The third kappa shape index (κ3) is 37.2. The number of ether oxygens (including phenoxy) is 2. The first-order valence-electron chi connectivity index (χ1n) is 21.6. The Morgan fingerprint density at radius 2 is 0.830 bits per heavy atom. The van der Waals surface area contributed by atoms with Crippen LogP contribution in [0.5, 0.6) is 0 Å². The summed E-state index contributed by atoms with van der Waals surface area (Å²) in [5, 5.41) is 8.85. The number of carbonyl (C=O) groups excluding carboxylic acids is 2. The number of hydrogen-bond acceptors (Lipinski definition) is 9. The summed E-state index contributed by atoms with van der Waals surface area (Å²) in [4.78, 5) is 45.6. The number of hydrogen-bond donors (Lipinski definition) is 3. The number of phosphoric acid groups is 1. The molecule has 0 saturated heterocycles. The van der Waals surface area contributed by atoms with Crippen molar-refractivity contribution in [1.82, 2.24) is 0 Å². The Kier molecular flexibility index (Phi) is 36.3. The highest BCUT2D eigenvalue weighted by Gasteiger charge is 2.28. The third-order valence-corrected chi connectivity index (χ3v) is 10.6. The molecule has 4 N–H and O–H groups in total. The van der Waals surface area contributed by atoms with Crippen LogP contribution < -0.4 is 5.73 Å². The van der Waals surface area contributed by atoms with Crippen LogP contribution in [0, 0.1) is 0 Å². The number of unbranched alkanes of at least 4 members (excludes halogenated alkanes) is 27. The van der Waals surface area contributed by atoms with Crippen molar-refractivity contribution in [3.63, 3.8) is 0 Å². The fraction of sp³-hybridized carbons (Fsp3) is 0.927. The number of aliphatic carboxylic acids is 1. The van der Waals surface area contributed by atoms with Gasteiger partial charge in [0.2, 0.25) is 0 Å². The topological polar surface area (TPSA) is 172 Å². The van der Waals surface area contributed by atoms with Crippen molar-refractivity contribution in [2.45, 2.75) is 225 Å². The summed E-state index contributed by atoms with van der Waals surface area (Å²) < 4.78 is 32.5. The van der Waals surface area contributed by atoms with Crippen LogP contribution in [0.25, 0.3) is 0 Å². The van der Waals surface area contributed by atoms with Gasteiger partial charge in [0, 0.05) is 12.8 Å². The van der Waals surface area contributed by atoms with Gasteiger partial charge in [0.15, 0.2) is 6.10 Å². The quantitative estimate of drug-likeness (QED) is 0.0306. The van der Waals surface area contributed by atoms with E-state index in [1.807, 2.05) is 0 Å². The highest BCUT2D eigenvalue weighted by Crippen LogP contribution is 2.43. The molecule has 53 heavy (non-hydrogen) atoms. The lowest BCUT2D eigenvalue weighted by atomic mass is 10.0. The molecule has 0 aromatic rings. The van der Waals surface area contributed by atoms with Crippen LogP contribution >= 0.6 is 7.82 Å². The normalized spacial score (nSPS) is 13.7. The lowest BCUT2D eigenvalue weighted by molar-refractivity contribution is -0.161. The van der Waals surface area contributed by atoms with Crippen molar-refractivity contribution in [2.75, 3.05) is 19.8 Å². The molecule has 0 spiro atoms. The van der Waals surface area contributed by atoms with Crippen LogP contribution in [0.2, 0.25) is 0 Å². The third-order valence-electron chi connectivity index (χ3n) is 9.61. The molecule has 0 fully saturated rings. The van der Waals surface area contributed by atoms with E-state index in [1.54, 1.807) is 0 Å². The molecular formula is C41H80NO10P. The van der Waals surface area contributed by atoms with Crippen molar-refractivity contribution < 1.29 is 47.5 Å². The van der Waals surface area contributed by atoms with Gasteiger partial charge < -0.3 is 25.2 Å². The number of esters is 2. The van der Waals surface area contributed by atoms with Gasteiger partial charge in [-0.25, -0.2) is 4.57 Å². The first-order valence-corrected chi connectivity index (χ1v) is 23.1. The van der Waals surface area contributed by atoms with Gasteiger partial charge in [-0.2, -0.15) is 0 Å². The van der Waals surface area contributed by atoms with Gasteiger partial charge >= 0.3 is 25.7 Å². The zero-order chi connectivity index (χ0) is 39.3. The zero-order valence-corrected chi connectivity index (χ0v) is 34.8. The molecule has 3 atom stereocenters. The monoisotopic (exact) mass is 778 g/mol. The minimum Gasteiger partial charge on any atom is -0.480 e. The smallest absolute Gasteiger partial charge is 0.472 e. The maximum absolute atomic E-state index is 12.6. The summed E-state index contributed by atoms with van der Waals surface area (Å²) in [6.07, 6.45) is 35.1. The molecule has 314 valence electrons. The molecule has 0 amide bonds. The van der Waals surface area contributed by atoms with Gasteiger partial charge in [-0.1, -0.05) is 187 Å². The predicted molar refractivity (Wildman–Crippen MR) is 213 cm³/mol. The second kappa shape index (κ2) is 37.4. The van der Waals surface area contributed by atoms with Crippen LogP contribution in [-0.2, 0) is 37.5 Å². The molecule has 0 bridgehead atoms. The molecule has 0 radical (unpaired) electrons. The fourth-order valence-electron chi connectivity index (χ4n) is 6.18. The minimum absolute atomic E-state index is 0.169. The van der Waals surface area contributed by atoms with Gasteiger partial charge in [0.1, 0.15) is 12.6 Å². The van der Waals surface area contributed by atoms with Gasteiger partial charge in [-0.3, -0.25) is 23.4 Å². The van der Waals surface area contributed by atoms with E-state index in [-0.39, 0.29) is 19.4 Å². The van der Waals surface area contributed by atoms with Gasteiger partial charge in [0.25, 0.3) is 0 Å². The molecule has 0 aliphatic carbocycles. The standard InChI is InChI=1S/C41H80NO10P/c1-3-5-7-9-11-12-13-14-15-16-17-18-19-20-21-22-23-24-25-26-27-29-31-33-40(44)52-37(34-49-39(43)32-30-28-10-8-6-4-2)35-50-53(47,48)51-36-38(42)41(45)46/h37-38H,3-36,42H2,1-2H3,(H,45,46)(H,47,48). The first-order chi connectivity index (χ1) is 25.6. The Morgan fingerprint density at radius 3 is 1.19 bits per heavy atom. The van der Waals surface area contributed by atoms with Crippen LogP contribution in [0.1, 0.15) is 213 Å². The average Bonchev–Trinajstić information content (AvgIpc) is 3.13. The molecule has 0 aliphatic heterocycles. The molecule has 3 unspecified atom stereocenters. The lowest BCUT2D eigenvalue weighted by Crippen LogP contribution is -2.34. The Morgan fingerprint density at radius 1 is 0.509 bits per heavy atom. The first kappa shape index (κ1) is 51.5. The van der Waals surface area contributed by atoms with Crippen molar-refractivity contribution in [3.05, 3.63) is 0 Å². The van der Waals surface area contributed by atoms with E-state index in [2.05, 4.69) is 18.4 Å². The summed E-state index contributed by atoms with van der Waals surface area (Å²) in [7, 11) is -4.70. The summed E-state index contributed by atoms with van der Waals surface area (Å²) >= 11 is 0. The maximum Gasteiger partial charge on any atom is 0.472 e. The van der Waals surface area contributed by atoms with Gasteiger partial charge in [-0.15, -0.1) is 0 Å². The van der Waals surface area contributed by atoms with Crippen molar-refractivity contribution in [2.24, 2.45) is 5.73 Å². The van der Waals surface area contributed by atoms with Crippen LogP contribution in [0.15, 0.2) is 0 Å². The van der Waals surface area contributed by atoms with E-state index < -0.39 is 51.1 Å². The Balaban J connectivity index is 4.07. The maximum atomic E-state index is 12.6. The molecule has 0 rings (SSSR count). The second-order valence-electron chi connectivity index (χ2n) is 14.8. The number of carboxylic acids is 1. The predicted octanol–water partition coefficient (Wildman–Crippen LogP) is 11.1. The SMILES string of the molecule is CCCCCCCCCCCCCCCCCCCCCCCCCC(=O)OC(COC(=O)CCCCCCCC)COP(=O)(O)OCC(N)C(=O)O. The Bertz CT molecular complexity index is 921. The fourth-order valence-corrected chi connectivity index (χ4v) is 6.96. The molecule has 0 aromatic carbocycles. The van der Waals surface area contributed by atoms with E-state index in [4.69, 9.17) is 24.8 Å².